The fourth-order valence-corrected chi connectivity index (χ4v) is 3.26. The van der Waals surface area contributed by atoms with Crippen molar-refractivity contribution in [1.29, 1.82) is 0 Å². The summed E-state index contributed by atoms with van der Waals surface area (Å²) in [5.74, 6) is 2.25. The summed E-state index contributed by atoms with van der Waals surface area (Å²) in [6.45, 7) is 1.86. The lowest BCUT2D eigenvalue weighted by Crippen LogP contribution is -2.17. The second kappa shape index (κ2) is 6.66. The molecule has 0 amide bonds. The Balaban J connectivity index is 1.93. The van der Waals surface area contributed by atoms with E-state index in [1.807, 2.05) is 0 Å². The van der Waals surface area contributed by atoms with Crippen molar-refractivity contribution in [3.05, 3.63) is 11.6 Å². The zero-order valence-corrected chi connectivity index (χ0v) is 10.8. The van der Waals surface area contributed by atoms with Gasteiger partial charge in [-0.1, -0.05) is 30.9 Å². The summed E-state index contributed by atoms with van der Waals surface area (Å²) in [5, 5.41) is 0. The molecule has 1 nitrogen and oxygen atoms in total. The van der Waals surface area contributed by atoms with E-state index in [1.165, 1.54) is 50.5 Å². The summed E-state index contributed by atoms with van der Waals surface area (Å²) >= 11 is 6.12. The minimum Gasteiger partial charge on any atom is -0.381 e. The van der Waals surface area contributed by atoms with Crippen molar-refractivity contribution in [2.24, 2.45) is 11.8 Å². The lowest BCUT2D eigenvalue weighted by atomic mass is 9.82. The third kappa shape index (κ3) is 3.49. The van der Waals surface area contributed by atoms with E-state index in [-0.39, 0.29) is 0 Å². The van der Waals surface area contributed by atoms with Gasteiger partial charge >= 0.3 is 0 Å². The maximum absolute atomic E-state index is 6.12. The molecule has 2 aliphatic rings. The first kappa shape index (κ1) is 12.4. The maximum Gasteiger partial charge on any atom is 0.0471 e. The molecule has 0 aromatic carbocycles. The fourth-order valence-electron chi connectivity index (χ4n) is 2.95. The van der Waals surface area contributed by atoms with Gasteiger partial charge in [-0.3, -0.25) is 0 Å². The number of halogens is 1. The molecule has 1 saturated carbocycles. The molecule has 2 fully saturated rings. The molecule has 0 spiro atoms. The van der Waals surface area contributed by atoms with E-state index in [1.54, 1.807) is 0 Å². The van der Waals surface area contributed by atoms with Crippen LogP contribution in [0.3, 0.4) is 0 Å². The molecule has 2 heteroatoms. The molecule has 0 aromatic rings. The van der Waals surface area contributed by atoms with Gasteiger partial charge in [0.1, 0.15) is 0 Å². The van der Waals surface area contributed by atoms with Gasteiger partial charge in [0.25, 0.3) is 0 Å². The van der Waals surface area contributed by atoms with Crippen molar-refractivity contribution in [2.75, 3.05) is 19.1 Å². The van der Waals surface area contributed by atoms with Crippen LogP contribution in [0.1, 0.15) is 44.9 Å². The smallest absolute Gasteiger partial charge is 0.0471 e. The molecule has 0 N–H and O–H groups in total. The van der Waals surface area contributed by atoms with E-state index in [0.717, 1.165) is 30.9 Å². The number of rotatable bonds is 3. The first-order valence-electron chi connectivity index (χ1n) is 6.74. The SMILES string of the molecule is ClCC(=CC1CCOCC1)C1CCCCC1. The molecule has 1 aliphatic carbocycles. The molecule has 0 radical (unpaired) electrons. The van der Waals surface area contributed by atoms with Crippen molar-refractivity contribution in [2.45, 2.75) is 44.9 Å². The van der Waals surface area contributed by atoms with Crippen LogP contribution in [-0.4, -0.2) is 19.1 Å². The summed E-state index contributed by atoms with van der Waals surface area (Å²) in [7, 11) is 0. The third-order valence-corrected chi connectivity index (χ3v) is 4.31. The zero-order valence-electron chi connectivity index (χ0n) is 10.1. The van der Waals surface area contributed by atoms with Gasteiger partial charge in [0.15, 0.2) is 0 Å². The van der Waals surface area contributed by atoms with Crippen LogP contribution >= 0.6 is 11.6 Å². The van der Waals surface area contributed by atoms with Crippen LogP contribution < -0.4 is 0 Å². The molecule has 0 atom stereocenters. The van der Waals surface area contributed by atoms with Gasteiger partial charge in [0.05, 0.1) is 0 Å². The molecule has 2 rings (SSSR count). The maximum atomic E-state index is 6.12. The van der Waals surface area contributed by atoms with E-state index in [4.69, 9.17) is 16.3 Å². The molecule has 1 saturated heterocycles. The van der Waals surface area contributed by atoms with E-state index < -0.39 is 0 Å². The Kier molecular flexibility index (Phi) is 5.18. The fraction of sp³-hybridized carbons (Fsp3) is 0.857. The molecule has 0 unspecified atom stereocenters. The quantitative estimate of drug-likeness (QED) is 0.534. The molecule has 92 valence electrons. The molecule has 16 heavy (non-hydrogen) atoms. The van der Waals surface area contributed by atoms with E-state index >= 15 is 0 Å². The highest BCUT2D eigenvalue weighted by molar-refractivity contribution is 6.19. The summed E-state index contributed by atoms with van der Waals surface area (Å²) in [6, 6.07) is 0. The van der Waals surface area contributed by atoms with Crippen molar-refractivity contribution in [3.8, 4) is 0 Å². The van der Waals surface area contributed by atoms with Crippen LogP contribution in [0.15, 0.2) is 11.6 Å². The van der Waals surface area contributed by atoms with E-state index in [9.17, 15) is 0 Å². The normalized spacial score (nSPS) is 25.9. The standard InChI is InChI=1S/C14H23ClO/c15-11-14(13-4-2-1-3-5-13)10-12-6-8-16-9-7-12/h10,12-13H,1-9,11H2. The Morgan fingerprint density at radius 3 is 2.38 bits per heavy atom. The van der Waals surface area contributed by atoms with Gasteiger partial charge in [-0.05, 0) is 37.5 Å². The molecule has 0 bridgehead atoms. The van der Waals surface area contributed by atoms with Gasteiger partial charge in [-0.25, -0.2) is 0 Å². The molecular formula is C14H23ClO. The summed E-state index contributed by atoms with van der Waals surface area (Å²) in [5.41, 5.74) is 1.52. The zero-order chi connectivity index (χ0) is 11.2. The van der Waals surface area contributed by atoms with Crippen LogP contribution in [0.25, 0.3) is 0 Å². The minimum atomic E-state index is 0.726. The van der Waals surface area contributed by atoms with Crippen LogP contribution in [-0.2, 0) is 4.74 Å². The van der Waals surface area contributed by atoms with E-state index in [0.29, 0.717) is 0 Å². The number of hydrogen-bond donors (Lipinski definition) is 0. The summed E-state index contributed by atoms with van der Waals surface area (Å²) in [4.78, 5) is 0. The summed E-state index contributed by atoms with van der Waals surface area (Å²) in [6.07, 6.45) is 11.8. The van der Waals surface area contributed by atoms with Crippen LogP contribution in [0.4, 0.5) is 0 Å². The highest BCUT2D eigenvalue weighted by Gasteiger charge is 2.19. The summed E-state index contributed by atoms with van der Waals surface area (Å²) < 4.78 is 5.40. The van der Waals surface area contributed by atoms with Crippen molar-refractivity contribution >= 4 is 11.6 Å². The van der Waals surface area contributed by atoms with Gasteiger partial charge in [0.2, 0.25) is 0 Å². The second-order valence-electron chi connectivity index (χ2n) is 5.16. The first-order valence-corrected chi connectivity index (χ1v) is 7.28. The largest absolute Gasteiger partial charge is 0.381 e. The second-order valence-corrected chi connectivity index (χ2v) is 5.43. The molecule has 1 heterocycles. The average molecular weight is 243 g/mol. The van der Waals surface area contributed by atoms with Gasteiger partial charge in [-0.15, -0.1) is 11.6 Å². The Labute approximate surface area is 104 Å². The Morgan fingerprint density at radius 2 is 1.75 bits per heavy atom. The lowest BCUT2D eigenvalue weighted by Gasteiger charge is -2.26. The lowest BCUT2D eigenvalue weighted by molar-refractivity contribution is 0.0782. The van der Waals surface area contributed by atoms with Crippen molar-refractivity contribution in [1.82, 2.24) is 0 Å². The predicted octanol–water partition coefficient (Wildman–Crippen LogP) is 4.16. The van der Waals surface area contributed by atoms with Gasteiger partial charge in [-0.2, -0.15) is 0 Å². The number of ether oxygens (including phenoxy) is 1. The van der Waals surface area contributed by atoms with Crippen LogP contribution in [0.2, 0.25) is 0 Å². The Morgan fingerprint density at radius 1 is 1.06 bits per heavy atom. The number of alkyl halides is 1. The van der Waals surface area contributed by atoms with Gasteiger partial charge in [0, 0.05) is 19.1 Å². The molecular weight excluding hydrogens is 220 g/mol. The average Bonchev–Trinajstić information content (AvgIpc) is 2.38. The van der Waals surface area contributed by atoms with Crippen molar-refractivity contribution < 1.29 is 4.74 Å². The minimum absolute atomic E-state index is 0.726. The third-order valence-electron chi connectivity index (χ3n) is 4.00. The Hall–Kier alpha value is -0.0100. The topological polar surface area (TPSA) is 9.23 Å². The van der Waals surface area contributed by atoms with Crippen LogP contribution in [0.5, 0.6) is 0 Å². The predicted molar refractivity (Wildman–Crippen MR) is 68.9 cm³/mol. The number of hydrogen-bond acceptors (Lipinski definition) is 1. The monoisotopic (exact) mass is 242 g/mol. The van der Waals surface area contributed by atoms with Crippen molar-refractivity contribution in [3.63, 3.8) is 0 Å². The highest BCUT2D eigenvalue weighted by atomic mass is 35.5. The Bertz CT molecular complexity index is 225. The molecule has 1 aliphatic heterocycles. The molecule has 0 aromatic heterocycles. The highest BCUT2D eigenvalue weighted by Crippen LogP contribution is 2.32. The van der Waals surface area contributed by atoms with Crippen LogP contribution in [0, 0.1) is 11.8 Å². The first-order chi connectivity index (χ1) is 7.90. The number of allylic oxidation sites excluding steroid dienone is 2. The van der Waals surface area contributed by atoms with E-state index in [2.05, 4.69) is 6.08 Å². The van der Waals surface area contributed by atoms with Gasteiger partial charge < -0.3 is 4.74 Å².